The van der Waals surface area contributed by atoms with Gasteiger partial charge in [0, 0.05) is 61.4 Å². The van der Waals surface area contributed by atoms with Crippen LogP contribution in [-0.2, 0) is 18.2 Å². The molecule has 0 saturated heterocycles. The number of hydrogen-bond donors (Lipinski definition) is 2. The SMILES string of the molecule is CCOCCN(CC)C(=O)Oc1ccc2c(c1)c(C(=O)CCc1ccc(C(=N)N)cc1)cn2C.Cl. The highest BCUT2D eigenvalue weighted by molar-refractivity contribution is 6.08. The van der Waals surface area contributed by atoms with Crippen molar-refractivity contribution in [3.63, 3.8) is 0 Å². The number of carbonyl (C=O) groups excluding carboxylic acids is 2. The molecule has 9 heteroatoms. The molecule has 0 atom stereocenters. The Labute approximate surface area is 211 Å². The van der Waals surface area contributed by atoms with Crippen LogP contribution in [0, 0.1) is 5.41 Å². The summed E-state index contributed by atoms with van der Waals surface area (Å²) in [5.74, 6) is 0.426. The van der Waals surface area contributed by atoms with Crippen molar-refractivity contribution in [3.8, 4) is 5.75 Å². The number of aryl methyl sites for hydroxylation is 2. The number of aromatic nitrogens is 1. The first-order chi connectivity index (χ1) is 16.3. The Morgan fingerprint density at radius 3 is 2.46 bits per heavy atom. The van der Waals surface area contributed by atoms with Crippen LogP contribution in [0.25, 0.3) is 10.9 Å². The maximum absolute atomic E-state index is 13.1. The van der Waals surface area contributed by atoms with E-state index in [0.29, 0.717) is 56.0 Å². The van der Waals surface area contributed by atoms with Crippen molar-refractivity contribution < 1.29 is 19.1 Å². The minimum absolute atomic E-state index is 0. The molecule has 0 fully saturated rings. The Hall–Kier alpha value is -3.36. The molecular weight excluding hydrogens is 468 g/mol. The summed E-state index contributed by atoms with van der Waals surface area (Å²) in [5, 5.41) is 8.23. The Kier molecular flexibility index (Phi) is 10.3. The lowest BCUT2D eigenvalue weighted by molar-refractivity contribution is 0.0984. The van der Waals surface area contributed by atoms with Crippen LogP contribution in [0.1, 0.15) is 41.8 Å². The zero-order valence-corrected chi connectivity index (χ0v) is 21.2. The summed E-state index contributed by atoms with van der Waals surface area (Å²) in [5.41, 5.74) is 8.64. The van der Waals surface area contributed by atoms with Crippen molar-refractivity contribution in [2.24, 2.45) is 12.8 Å². The van der Waals surface area contributed by atoms with E-state index < -0.39 is 6.09 Å². The topological polar surface area (TPSA) is 111 Å². The van der Waals surface area contributed by atoms with Crippen LogP contribution >= 0.6 is 12.4 Å². The van der Waals surface area contributed by atoms with E-state index >= 15 is 0 Å². The molecule has 0 saturated carbocycles. The molecule has 0 aliphatic heterocycles. The summed E-state index contributed by atoms with van der Waals surface area (Å²) in [6, 6.07) is 12.7. The molecule has 8 nitrogen and oxygen atoms in total. The monoisotopic (exact) mass is 500 g/mol. The van der Waals surface area contributed by atoms with E-state index in [1.807, 2.05) is 49.9 Å². The molecule has 0 bridgehead atoms. The third-order valence-electron chi connectivity index (χ3n) is 5.72. The van der Waals surface area contributed by atoms with Crippen LogP contribution in [0.3, 0.4) is 0 Å². The summed E-state index contributed by atoms with van der Waals surface area (Å²) >= 11 is 0. The number of carbonyl (C=O) groups is 2. The summed E-state index contributed by atoms with van der Waals surface area (Å²) in [7, 11) is 1.89. The summed E-state index contributed by atoms with van der Waals surface area (Å²) in [6.07, 6.45) is 2.29. The number of fused-ring (bicyclic) bond motifs is 1. The molecule has 0 radical (unpaired) electrons. The zero-order valence-electron chi connectivity index (χ0n) is 20.4. The van der Waals surface area contributed by atoms with Gasteiger partial charge in [0.1, 0.15) is 11.6 Å². The highest BCUT2D eigenvalue weighted by atomic mass is 35.5. The third-order valence-corrected chi connectivity index (χ3v) is 5.72. The fourth-order valence-electron chi connectivity index (χ4n) is 3.76. The number of ether oxygens (including phenoxy) is 2. The van der Waals surface area contributed by atoms with Crippen molar-refractivity contribution in [2.75, 3.05) is 26.3 Å². The highest BCUT2D eigenvalue weighted by Gasteiger charge is 2.18. The Morgan fingerprint density at radius 1 is 1.11 bits per heavy atom. The van der Waals surface area contributed by atoms with Gasteiger partial charge in [-0.2, -0.15) is 0 Å². The second kappa shape index (κ2) is 12.9. The van der Waals surface area contributed by atoms with Crippen molar-refractivity contribution in [1.82, 2.24) is 9.47 Å². The smallest absolute Gasteiger partial charge is 0.410 e. The molecule has 0 unspecified atom stereocenters. The Balaban J connectivity index is 0.00000432. The van der Waals surface area contributed by atoms with Gasteiger partial charge in [-0.3, -0.25) is 10.2 Å². The number of ketones is 1. The predicted octanol–water partition coefficient (Wildman–Crippen LogP) is 4.56. The second-order valence-corrected chi connectivity index (χ2v) is 8.01. The molecule has 1 aromatic heterocycles. The first-order valence-electron chi connectivity index (χ1n) is 11.4. The second-order valence-electron chi connectivity index (χ2n) is 8.01. The number of amides is 1. The van der Waals surface area contributed by atoms with E-state index in [9.17, 15) is 9.59 Å². The fraction of sp³-hybridized carbons (Fsp3) is 0.346. The van der Waals surface area contributed by atoms with Gasteiger partial charge in [0.15, 0.2) is 5.78 Å². The predicted molar refractivity (Wildman–Crippen MR) is 140 cm³/mol. The molecule has 188 valence electrons. The zero-order chi connectivity index (χ0) is 24.7. The molecule has 35 heavy (non-hydrogen) atoms. The van der Waals surface area contributed by atoms with Gasteiger partial charge in [-0.05, 0) is 44.0 Å². The van der Waals surface area contributed by atoms with E-state index in [4.69, 9.17) is 20.6 Å². The van der Waals surface area contributed by atoms with E-state index in [2.05, 4.69) is 0 Å². The van der Waals surface area contributed by atoms with E-state index in [-0.39, 0.29) is 24.0 Å². The summed E-state index contributed by atoms with van der Waals surface area (Å²) in [6.45, 7) is 5.81. The normalized spacial score (nSPS) is 10.6. The number of nitrogen functional groups attached to an aromatic ring is 1. The largest absolute Gasteiger partial charge is 0.415 e. The fourth-order valence-corrected chi connectivity index (χ4v) is 3.76. The minimum atomic E-state index is -0.445. The average molecular weight is 501 g/mol. The lowest BCUT2D eigenvalue weighted by Crippen LogP contribution is -2.36. The van der Waals surface area contributed by atoms with Gasteiger partial charge in [0.25, 0.3) is 0 Å². The lowest BCUT2D eigenvalue weighted by Gasteiger charge is -2.20. The van der Waals surface area contributed by atoms with Gasteiger partial charge in [-0.1, -0.05) is 24.3 Å². The van der Waals surface area contributed by atoms with Crippen LogP contribution in [0.5, 0.6) is 5.75 Å². The number of halogens is 1. The molecule has 0 aliphatic carbocycles. The highest BCUT2D eigenvalue weighted by Crippen LogP contribution is 2.27. The van der Waals surface area contributed by atoms with E-state index in [1.54, 1.807) is 29.2 Å². The van der Waals surface area contributed by atoms with Crippen LogP contribution in [-0.4, -0.2) is 53.5 Å². The molecule has 3 N–H and O–H groups in total. The van der Waals surface area contributed by atoms with Gasteiger partial charge in [0.05, 0.1) is 6.61 Å². The van der Waals surface area contributed by atoms with Crippen molar-refractivity contribution in [2.45, 2.75) is 26.7 Å². The maximum Gasteiger partial charge on any atom is 0.415 e. The number of nitrogens with two attached hydrogens (primary N) is 1. The number of amidine groups is 1. The Bertz CT molecular complexity index is 1170. The summed E-state index contributed by atoms with van der Waals surface area (Å²) in [4.78, 5) is 27.2. The number of benzene rings is 2. The van der Waals surface area contributed by atoms with Crippen LogP contribution in [0.15, 0.2) is 48.7 Å². The molecule has 1 heterocycles. The Morgan fingerprint density at radius 2 is 1.83 bits per heavy atom. The first kappa shape index (κ1) is 27.9. The third kappa shape index (κ3) is 7.07. The molecule has 2 aromatic carbocycles. The van der Waals surface area contributed by atoms with Crippen molar-refractivity contribution >= 4 is 41.0 Å². The lowest BCUT2D eigenvalue weighted by atomic mass is 10.0. The number of nitrogens with one attached hydrogen (secondary N) is 1. The van der Waals surface area contributed by atoms with Gasteiger partial charge in [-0.15, -0.1) is 12.4 Å². The van der Waals surface area contributed by atoms with Gasteiger partial charge in [-0.25, -0.2) is 4.79 Å². The number of likely N-dealkylation sites (N-methyl/N-ethyl adjacent to an activating group) is 1. The summed E-state index contributed by atoms with van der Waals surface area (Å²) < 4.78 is 12.8. The van der Waals surface area contributed by atoms with E-state index in [1.165, 1.54) is 0 Å². The number of Topliss-reactive ketones (excluding diaryl/α,β-unsaturated/α-hetero) is 1. The molecule has 0 spiro atoms. The molecule has 3 aromatic rings. The number of rotatable bonds is 11. The van der Waals surface area contributed by atoms with Crippen LogP contribution < -0.4 is 10.5 Å². The van der Waals surface area contributed by atoms with Crippen molar-refractivity contribution in [3.05, 3.63) is 65.4 Å². The minimum Gasteiger partial charge on any atom is -0.410 e. The van der Waals surface area contributed by atoms with Gasteiger partial charge in [0.2, 0.25) is 0 Å². The average Bonchev–Trinajstić information content (AvgIpc) is 3.16. The molecule has 0 aliphatic rings. The number of nitrogens with zero attached hydrogens (tertiary/aromatic N) is 2. The standard InChI is InChI=1S/C26H32N4O4.ClH/c1-4-30(14-15-33-5-2)26(32)34-20-11-12-23-21(16-20)22(17-29(23)3)24(31)13-8-18-6-9-19(10-7-18)25(27)28;/h6-7,9-12,16-17H,4-5,8,13-15H2,1-3H3,(H3,27,28);1H. The van der Waals surface area contributed by atoms with Crippen LogP contribution in [0.4, 0.5) is 4.79 Å². The number of hydrogen-bond acceptors (Lipinski definition) is 5. The van der Waals surface area contributed by atoms with Crippen molar-refractivity contribution in [1.29, 1.82) is 5.41 Å². The first-order valence-corrected chi connectivity index (χ1v) is 11.4. The maximum atomic E-state index is 13.1. The van der Waals surface area contributed by atoms with E-state index in [0.717, 1.165) is 16.5 Å². The molecular formula is C26H33ClN4O4. The van der Waals surface area contributed by atoms with Gasteiger partial charge < -0.3 is 24.7 Å². The van der Waals surface area contributed by atoms with Crippen LogP contribution in [0.2, 0.25) is 0 Å². The molecule has 1 amide bonds. The molecule has 3 rings (SSSR count). The van der Waals surface area contributed by atoms with Gasteiger partial charge >= 0.3 is 6.09 Å². The quantitative estimate of drug-likeness (QED) is 0.173.